The molecule has 0 fully saturated rings. The van der Waals surface area contributed by atoms with E-state index in [2.05, 4.69) is 36.4 Å². The molecule has 0 aromatic carbocycles. The summed E-state index contributed by atoms with van der Waals surface area (Å²) in [4.78, 5) is 0. The summed E-state index contributed by atoms with van der Waals surface area (Å²) in [5.41, 5.74) is 0.818. The van der Waals surface area contributed by atoms with Crippen LogP contribution in [0.4, 0.5) is 0 Å². The molecule has 0 saturated carbocycles. The van der Waals surface area contributed by atoms with E-state index < -0.39 is 0 Å². The number of furan rings is 1. The molecular weight excluding hydrogens is 342 g/mol. The Balaban J connectivity index is 1.68. The predicted molar refractivity (Wildman–Crippen MR) is 74.2 cm³/mol. The van der Waals surface area contributed by atoms with Crippen molar-refractivity contribution in [2.75, 3.05) is 6.61 Å². The van der Waals surface area contributed by atoms with Gasteiger partial charge in [0.2, 0.25) is 5.89 Å². The normalized spacial score (nSPS) is 11.1. The van der Waals surface area contributed by atoms with Crippen LogP contribution in [0.25, 0.3) is 11.7 Å². The molecule has 0 bridgehead atoms. The van der Waals surface area contributed by atoms with Crippen molar-refractivity contribution in [2.45, 2.75) is 19.4 Å². The third-order valence-corrected chi connectivity index (χ3v) is 3.15. The summed E-state index contributed by atoms with van der Waals surface area (Å²) < 4.78 is 13.1. The van der Waals surface area contributed by atoms with E-state index in [-0.39, 0.29) is 6.61 Å². The third-order valence-electron chi connectivity index (χ3n) is 2.73. The van der Waals surface area contributed by atoms with Gasteiger partial charge in [-0.2, -0.15) is 0 Å². The zero-order valence-corrected chi connectivity index (χ0v) is 12.5. The smallest absolute Gasteiger partial charge is 0.283 e. The standard InChI is InChI=1S/C12H12BrN5O3/c13-10-4-3-9(20-10)12-16-15-11(21-12)7-18-6-8(14-17-18)2-1-5-19/h3-4,6,19H,1-2,5,7H2. The molecule has 0 amide bonds. The maximum atomic E-state index is 8.78. The number of aromatic nitrogens is 5. The molecule has 8 nitrogen and oxygen atoms in total. The lowest BCUT2D eigenvalue weighted by atomic mass is 10.3. The van der Waals surface area contributed by atoms with E-state index in [1.165, 1.54) is 0 Å². The van der Waals surface area contributed by atoms with E-state index >= 15 is 0 Å². The van der Waals surface area contributed by atoms with E-state index in [0.717, 1.165) is 5.69 Å². The highest BCUT2D eigenvalue weighted by Gasteiger charge is 2.13. The number of hydrogen-bond donors (Lipinski definition) is 1. The van der Waals surface area contributed by atoms with Gasteiger partial charge in [0.05, 0.1) is 5.69 Å². The molecule has 3 heterocycles. The van der Waals surface area contributed by atoms with Crippen LogP contribution >= 0.6 is 15.9 Å². The van der Waals surface area contributed by atoms with E-state index in [1.54, 1.807) is 23.0 Å². The number of rotatable bonds is 6. The molecule has 3 rings (SSSR count). The Morgan fingerprint density at radius 3 is 2.86 bits per heavy atom. The highest BCUT2D eigenvalue weighted by Crippen LogP contribution is 2.23. The summed E-state index contributed by atoms with van der Waals surface area (Å²) in [5, 5.41) is 24.6. The minimum atomic E-state index is 0.137. The van der Waals surface area contributed by atoms with Gasteiger partial charge in [-0.1, -0.05) is 5.21 Å². The largest absolute Gasteiger partial charge is 0.444 e. The Kier molecular flexibility index (Phi) is 4.11. The molecule has 3 aromatic heterocycles. The molecule has 0 atom stereocenters. The molecule has 0 aliphatic rings. The summed E-state index contributed by atoms with van der Waals surface area (Å²) in [5.74, 6) is 1.23. The fraction of sp³-hybridized carbons (Fsp3) is 0.333. The molecule has 0 aliphatic heterocycles. The first-order valence-corrected chi connectivity index (χ1v) is 7.12. The Hall–Kier alpha value is -2.00. The van der Waals surface area contributed by atoms with E-state index in [1.807, 2.05) is 0 Å². The molecular formula is C12H12BrN5O3. The zero-order valence-electron chi connectivity index (χ0n) is 10.9. The van der Waals surface area contributed by atoms with Gasteiger partial charge in [-0.3, -0.25) is 0 Å². The first kappa shape index (κ1) is 14.0. The second-order valence-electron chi connectivity index (χ2n) is 4.34. The van der Waals surface area contributed by atoms with Crippen molar-refractivity contribution in [1.29, 1.82) is 0 Å². The first-order valence-electron chi connectivity index (χ1n) is 6.32. The number of aryl methyl sites for hydroxylation is 1. The van der Waals surface area contributed by atoms with Crippen LogP contribution in [0.15, 0.2) is 31.8 Å². The highest BCUT2D eigenvalue weighted by molar-refractivity contribution is 9.10. The average Bonchev–Trinajstić information content (AvgIpc) is 3.18. The number of aliphatic hydroxyl groups excluding tert-OH is 1. The molecule has 1 N–H and O–H groups in total. The van der Waals surface area contributed by atoms with Crippen LogP contribution in [0.1, 0.15) is 18.0 Å². The van der Waals surface area contributed by atoms with Gasteiger partial charge in [0.25, 0.3) is 5.89 Å². The highest BCUT2D eigenvalue weighted by atomic mass is 79.9. The van der Waals surface area contributed by atoms with Crippen LogP contribution in [0, 0.1) is 0 Å². The van der Waals surface area contributed by atoms with Gasteiger partial charge in [-0.15, -0.1) is 15.3 Å². The van der Waals surface area contributed by atoms with Gasteiger partial charge in [0.1, 0.15) is 6.54 Å². The molecule has 0 aliphatic carbocycles. The van der Waals surface area contributed by atoms with Crippen LogP contribution in [-0.2, 0) is 13.0 Å². The number of hydrogen-bond acceptors (Lipinski definition) is 7. The second-order valence-corrected chi connectivity index (χ2v) is 5.12. The number of aliphatic hydroxyl groups is 1. The summed E-state index contributed by atoms with van der Waals surface area (Å²) in [6, 6.07) is 3.49. The SMILES string of the molecule is OCCCc1cn(Cc2nnc(-c3ccc(Br)o3)o2)nn1. The van der Waals surface area contributed by atoms with Crippen molar-refractivity contribution in [3.8, 4) is 11.7 Å². The van der Waals surface area contributed by atoms with Crippen molar-refractivity contribution < 1.29 is 13.9 Å². The van der Waals surface area contributed by atoms with Gasteiger partial charge in [-0.05, 0) is 40.9 Å². The molecule has 110 valence electrons. The average molecular weight is 354 g/mol. The Bertz CT molecular complexity index is 720. The van der Waals surface area contributed by atoms with Crippen molar-refractivity contribution in [3.05, 3.63) is 34.6 Å². The molecule has 21 heavy (non-hydrogen) atoms. The van der Waals surface area contributed by atoms with Crippen LogP contribution < -0.4 is 0 Å². The van der Waals surface area contributed by atoms with E-state index in [4.69, 9.17) is 13.9 Å². The van der Waals surface area contributed by atoms with Crippen LogP contribution in [-0.4, -0.2) is 36.9 Å². The number of halogens is 1. The summed E-state index contributed by atoms with van der Waals surface area (Å²) >= 11 is 3.22. The third kappa shape index (κ3) is 3.37. The Morgan fingerprint density at radius 2 is 2.10 bits per heavy atom. The fourth-order valence-electron chi connectivity index (χ4n) is 1.78. The maximum absolute atomic E-state index is 8.78. The van der Waals surface area contributed by atoms with Gasteiger partial charge in [-0.25, -0.2) is 4.68 Å². The summed E-state index contributed by atoms with van der Waals surface area (Å²) in [6.07, 6.45) is 3.14. The predicted octanol–water partition coefficient (Wildman–Crippen LogP) is 1.66. The van der Waals surface area contributed by atoms with Crippen molar-refractivity contribution in [2.24, 2.45) is 0 Å². The lowest BCUT2D eigenvalue weighted by Crippen LogP contribution is -2.00. The minimum absolute atomic E-state index is 0.137. The fourth-order valence-corrected chi connectivity index (χ4v) is 2.08. The first-order chi connectivity index (χ1) is 10.2. The molecule has 0 spiro atoms. The molecule has 0 saturated heterocycles. The maximum Gasteiger partial charge on any atom is 0.283 e. The lowest BCUT2D eigenvalue weighted by Gasteiger charge is -1.93. The van der Waals surface area contributed by atoms with Crippen LogP contribution in [0.3, 0.4) is 0 Å². The van der Waals surface area contributed by atoms with Gasteiger partial charge < -0.3 is 13.9 Å². The molecule has 0 unspecified atom stereocenters. The molecule has 9 heteroatoms. The van der Waals surface area contributed by atoms with E-state index in [9.17, 15) is 0 Å². The van der Waals surface area contributed by atoms with E-state index in [0.29, 0.717) is 41.6 Å². The molecule has 3 aromatic rings. The summed E-state index contributed by atoms with van der Waals surface area (Å²) in [6.45, 7) is 0.472. The van der Waals surface area contributed by atoms with Crippen molar-refractivity contribution >= 4 is 15.9 Å². The van der Waals surface area contributed by atoms with Gasteiger partial charge >= 0.3 is 0 Å². The quantitative estimate of drug-likeness (QED) is 0.718. The van der Waals surface area contributed by atoms with Gasteiger partial charge in [0.15, 0.2) is 10.4 Å². The minimum Gasteiger partial charge on any atom is -0.444 e. The molecule has 0 radical (unpaired) electrons. The van der Waals surface area contributed by atoms with Crippen molar-refractivity contribution in [3.63, 3.8) is 0 Å². The Labute approximate surface area is 127 Å². The topological polar surface area (TPSA) is 103 Å². The van der Waals surface area contributed by atoms with Gasteiger partial charge in [0, 0.05) is 12.8 Å². The Morgan fingerprint density at radius 1 is 1.19 bits per heavy atom. The van der Waals surface area contributed by atoms with Crippen LogP contribution in [0.2, 0.25) is 0 Å². The zero-order chi connectivity index (χ0) is 14.7. The second kappa shape index (κ2) is 6.19. The lowest BCUT2D eigenvalue weighted by molar-refractivity contribution is 0.288. The van der Waals surface area contributed by atoms with Crippen molar-refractivity contribution in [1.82, 2.24) is 25.2 Å². The summed E-state index contributed by atoms with van der Waals surface area (Å²) in [7, 11) is 0. The monoisotopic (exact) mass is 353 g/mol. The number of nitrogens with zero attached hydrogens (tertiary/aromatic N) is 5. The van der Waals surface area contributed by atoms with Crippen LogP contribution in [0.5, 0.6) is 0 Å².